The molecule has 0 saturated carbocycles. The second kappa shape index (κ2) is 4.37. The van der Waals surface area contributed by atoms with Crippen molar-refractivity contribution >= 4 is 0 Å². The lowest BCUT2D eigenvalue weighted by molar-refractivity contribution is 0.628. The fraction of sp³-hybridized carbons (Fsp3) is 0. The third-order valence-corrected chi connectivity index (χ3v) is 2.56. The van der Waals surface area contributed by atoms with Gasteiger partial charge in [-0.3, -0.25) is 4.98 Å². The average Bonchev–Trinajstić information content (AvgIpc) is 2.90. The van der Waals surface area contributed by atoms with E-state index in [-0.39, 0.29) is 5.82 Å². The number of rotatable bonds is 2. The van der Waals surface area contributed by atoms with Gasteiger partial charge < -0.3 is 0 Å². The van der Waals surface area contributed by atoms with Crippen molar-refractivity contribution in [3.63, 3.8) is 0 Å². The third kappa shape index (κ3) is 1.98. The molecule has 0 saturated heterocycles. The van der Waals surface area contributed by atoms with Crippen LogP contribution in [0.5, 0.6) is 0 Å². The Morgan fingerprint density at radius 2 is 1.67 bits per heavy atom. The van der Waals surface area contributed by atoms with E-state index < -0.39 is 0 Å². The topological polar surface area (TPSA) is 43.6 Å². The zero-order valence-electron chi connectivity index (χ0n) is 9.36. The van der Waals surface area contributed by atoms with E-state index in [1.165, 1.54) is 12.1 Å². The van der Waals surface area contributed by atoms with E-state index in [1.54, 1.807) is 35.4 Å². The number of halogens is 1. The van der Waals surface area contributed by atoms with Crippen LogP contribution in [0.4, 0.5) is 4.39 Å². The van der Waals surface area contributed by atoms with Crippen molar-refractivity contribution in [2.45, 2.75) is 0 Å². The molecule has 5 heteroatoms. The Kier molecular flexibility index (Phi) is 2.57. The van der Waals surface area contributed by atoms with Crippen molar-refractivity contribution in [3.05, 3.63) is 60.8 Å². The molecule has 0 fully saturated rings. The van der Waals surface area contributed by atoms with E-state index in [2.05, 4.69) is 15.3 Å². The van der Waals surface area contributed by atoms with Gasteiger partial charge in [0.1, 0.15) is 11.5 Å². The Bertz CT molecular complexity index is 646. The Hall–Kier alpha value is -2.56. The summed E-state index contributed by atoms with van der Waals surface area (Å²) in [5.74, 6) is -0.264. The Labute approximate surface area is 103 Å². The lowest BCUT2D eigenvalue weighted by Crippen LogP contribution is -1.94. The van der Waals surface area contributed by atoms with Gasteiger partial charge in [0, 0.05) is 18.0 Å². The standard InChI is InChI=1S/C13H9FN4/c14-11-3-1-10(2-4-11)13-9-18(17-16-13)12-5-7-15-8-6-12/h1-9H. The molecule has 2 heterocycles. The number of benzene rings is 1. The van der Waals surface area contributed by atoms with E-state index in [4.69, 9.17) is 0 Å². The second-order valence-corrected chi connectivity index (χ2v) is 3.76. The van der Waals surface area contributed by atoms with Crippen LogP contribution in [0.3, 0.4) is 0 Å². The average molecular weight is 240 g/mol. The van der Waals surface area contributed by atoms with Gasteiger partial charge in [0.15, 0.2) is 0 Å². The lowest BCUT2D eigenvalue weighted by atomic mass is 10.2. The zero-order valence-corrected chi connectivity index (χ0v) is 9.36. The fourth-order valence-electron chi connectivity index (χ4n) is 1.64. The van der Waals surface area contributed by atoms with Crippen LogP contribution in [0.2, 0.25) is 0 Å². The van der Waals surface area contributed by atoms with Gasteiger partial charge in [0.05, 0.1) is 11.9 Å². The highest BCUT2D eigenvalue weighted by Crippen LogP contribution is 2.17. The molecule has 18 heavy (non-hydrogen) atoms. The van der Waals surface area contributed by atoms with Crippen molar-refractivity contribution < 1.29 is 4.39 Å². The lowest BCUT2D eigenvalue weighted by Gasteiger charge is -1.97. The molecule has 0 aliphatic carbocycles. The highest BCUT2D eigenvalue weighted by Gasteiger charge is 2.05. The van der Waals surface area contributed by atoms with E-state index in [0.717, 1.165) is 11.3 Å². The molecular formula is C13H9FN4. The first-order valence-corrected chi connectivity index (χ1v) is 5.41. The van der Waals surface area contributed by atoms with Gasteiger partial charge in [0.2, 0.25) is 0 Å². The highest BCUT2D eigenvalue weighted by atomic mass is 19.1. The van der Waals surface area contributed by atoms with Crippen molar-refractivity contribution in [1.82, 2.24) is 20.0 Å². The van der Waals surface area contributed by atoms with Crippen LogP contribution in [-0.4, -0.2) is 20.0 Å². The molecule has 88 valence electrons. The van der Waals surface area contributed by atoms with Gasteiger partial charge in [-0.1, -0.05) is 5.21 Å². The molecule has 0 spiro atoms. The van der Waals surface area contributed by atoms with E-state index in [9.17, 15) is 4.39 Å². The first-order valence-electron chi connectivity index (χ1n) is 5.41. The summed E-state index contributed by atoms with van der Waals surface area (Å²) in [5.41, 5.74) is 2.41. The van der Waals surface area contributed by atoms with Gasteiger partial charge in [-0.15, -0.1) is 5.10 Å². The first-order chi connectivity index (χ1) is 8.83. The van der Waals surface area contributed by atoms with Gasteiger partial charge >= 0.3 is 0 Å². The van der Waals surface area contributed by atoms with Crippen LogP contribution >= 0.6 is 0 Å². The summed E-state index contributed by atoms with van der Waals surface area (Å²) in [4.78, 5) is 3.94. The summed E-state index contributed by atoms with van der Waals surface area (Å²) < 4.78 is 14.5. The van der Waals surface area contributed by atoms with Gasteiger partial charge in [-0.25, -0.2) is 9.07 Å². The van der Waals surface area contributed by atoms with Crippen molar-refractivity contribution in [2.75, 3.05) is 0 Å². The maximum absolute atomic E-state index is 12.8. The highest BCUT2D eigenvalue weighted by molar-refractivity contribution is 5.57. The van der Waals surface area contributed by atoms with E-state index >= 15 is 0 Å². The van der Waals surface area contributed by atoms with E-state index in [1.807, 2.05) is 12.1 Å². The maximum atomic E-state index is 12.8. The SMILES string of the molecule is Fc1ccc(-c2cn(-c3ccncc3)nn2)cc1. The molecule has 3 aromatic rings. The van der Waals surface area contributed by atoms with Gasteiger partial charge in [0.25, 0.3) is 0 Å². The predicted octanol–water partition coefficient (Wildman–Crippen LogP) is 2.47. The van der Waals surface area contributed by atoms with Crippen LogP contribution in [-0.2, 0) is 0 Å². The molecule has 4 nitrogen and oxygen atoms in total. The summed E-state index contributed by atoms with van der Waals surface area (Å²) in [6.45, 7) is 0. The Morgan fingerprint density at radius 3 is 2.39 bits per heavy atom. The van der Waals surface area contributed by atoms with Crippen molar-refractivity contribution in [1.29, 1.82) is 0 Å². The first kappa shape index (κ1) is 10.6. The summed E-state index contributed by atoms with van der Waals surface area (Å²) in [6, 6.07) is 9.83. The number of hydrogen-bond donors (Lipinski definition) is 0. The molecule has 0 bridgehead atoms. The Balaban J connectivity index is 1.97. The summed E-state index contributed by atoms with van der Waals surface area (Å²) in [5, 5.41) is 8.09. The predicted molar refractivity (Wildman–Crippen MR) is 64.5 cm³/mol. The molecule has 0 aliphatic rings. The Morgan fingerprint density at radius 1 is 0.944 bits per heavy atom. The van der Waals surface area contributed by atoms with Crippen molar-refractivity contribution in [2.24, 2.45) is 0 Å². The maximum Gasteiger partial charge on any atom is 0.123 e. The van der Waals surface area contributed by atoms with Crippen molar-refractivity contribution in [3.8, 4) is 16.9 Å². The summed E-state index contributed by atoms with van der Waals surface area (Å²) in [6.07, 6.45) is 5.17. The molecule has 0 N–H and O–H groups in total. The molecule has 0 atom stereocenters. The largest absolute Gasteiger partial charge is 0.265 e. The number of pyridine rings is 1. The van der Waals surface area contributed by atoms with Crippen LogP contribution in [0.1, 0.15) is 0 Å². The number of aromatic nitrogens is 4. The molecule has 0 radical (unpaired) electrons. The minimum atomic E-state index is -0.264. The number of nitrogens with zero attached hydrogens (tertiary/aromatic N) is 4. The molecular weight excluding hydrogens is 231 g/mol. The molecule has 0 amide bonds. The van der Waals surface area contributed by atoms with Crippen LogP contribution in [0.25, 0.3) is 16.9 Å². The zero-order chi connectivity index (χ0) is 12.4. The van der Waals surface area contributed by atoms with Gasteiger partial charge in [-0.2, -0.15) is 0 Å². The minimum Gasteiger partial charge on any atom is -0.265 e. The van der Waals surface area contributed by atoms with Crippen LogP contribution < -0.4 is 0 Å². The molecule has 2 aromatic heterocycles. The molecule has 0 unspecified atom stereocenters. The number of hydrogen-bond acceptors (Lipinski definition) is 3. The smallest absolute Gasteiger partial charge is 0.123 e. The summed E-state index contributed by atoms with van der Waals surface area (Å²) >= 11 is 0. The van der Waals surface area contributed by atoms with E-state index in [0.29, 0.717) is 5.69 Å². The van der Waals surface area contributed by atoms with Crippen LogP contribution in [0, 0.1) is 5.82 Å². The van der Waals surface area contributed by atoms with Crippen LogP contribution in [0.15, 0.2) is 55.0 Å². The minimum absolute atomic E-state index is 0.264. The quantitative estimate of drug-likeness (QED) is 0.691. The summed E-state index contributed by atoms with van der Waals surface area (Å²) in [7, 11) is 0. The molecule has 3 rings (SSSR count). The molecule has 1 aromatic carbocycles. The molecule has 0 aliphatic heterocycles. The third-order valence-electron chi connectivity index (χ3n) is 2.56. The van der Waals surface area contributed by atoms with Gasteiger partial charge in [-0.05, 0) is 36.4 Å². The normalized spacial score (nSPS) is 10.5. The second-order valence-electron chi connectivity index (χ2n) is 3.76. The monoisotopic (exact) mass is 240 g/mol. The fourth-order valence-corrected chi connectivity index (χ4v) is 1.64.